The smallest absolute Gasteiger partial charge is 0.321 e. The Morgan fingerprint density at radius 3 is 2.44 bits per heavy atom. The Balaban J connectivity index is 1.97. The van der Waals surface area contributed by atoms with Gasteiger partial charge in [0.05, 0.1) is 21.1 Å². The van der Waals surface area contributed by atoms with Crippen LogP contribution in [0, 0.1) is 20.2 Å². The van der Waals surface area contributed by atoms with E-state index in [1.807, 2.05) is 0 Å². The van der Waals surface area contributed by atoms with E-state index in [0.717, 1.165) is 12.1 Å². The summed E-state index contributed by atoms with van der Waals surface area (Å²) in [4.78, 5) is 36.6. The van der Waals surface area contributed by atoms with Crippen molar-refractivity contribution in [1.29, 1.82) is 0 Å². The summed E-state index contributed by atoms with van der Waals surface area (Å²) in [6.45, 7) is 0. The van der Waals surface area contributed by atoms with Crippen molar-refractivity contribution in [3.63, 3.8) is 0 Å². The molecule has 1 N–H and O–H groups in total. The zero-order chi connectivity index (χ0) is 18.0. The van der Waals surface area contributed by atoms with Crippen molar-refractivity contribution < 1.29 is 14.6 Å². The van der Waals surface area contributed by atoms with E-state index >= 15 is 0 Å². The maximum Gasteiger partial charge on any atom is 0.346 e. The van der Waals surface area contributed by atoms with Gasteiger partial charge in [-0.15, -0.1) is 0 Å². The molecule has 0 saturated heterocycles. The molecule has 0 aliphatic carbocycles. The highest BCUT2D eigenvalue weighted by Gasteiger charge is 2.25. The first kappa shape index (κ1) is 16.0. The van der Waals surface area contributed by atoms with Gasteiger partial charge in [0.1, 0.15) is 0 Å². The van der Waals surface area contributed by atoms with Crippen LogP contribution in [0.25, 0.3) is 10.9 Å². The number of anilines is 1. The Hall–Kier alpha value is -3.88. The molecule has 9 nitrogen and oxygen atoms in total. The minimum absolute atomic E-state index is 0.0572. The maximum absolute atomic E-state index is 12.4. The van der Waals surface area contributed by atoms with Gasteiger partial charge >= 0.3 is 11.4 Å². The molecule has 2 aromatic carbocycles. The molecule has 0 unspecified atom stereocenters. The number of nitro groups is 2. The maximum atomic E-state index is 12.4. The SMILES string of the molecule is O=C(Nc1cccc2ncccc12)c1ccc([N+](=O)[O-])c([N+](=O)[O-])c1. The van der Waals surface area contributed by atoms with Crippen molar-refractivity contribution in [3.8, 4) is 0 Å². The largest absolute Gasteiger partial charge is 0.346 e. The number of carbonyl (C=O) groups is 1. The van der Waals surface area contributed by atoms with E-state index in [2.05, 4.69) is 10.3 Å². The third-order valence-electron chi connectivity index (χ3n) is 3.52. The summed E-state index contributed by atoms with van der Waals surface area (Å²) in [5.74, 6) is -0.616. The zero-order valence-electron chi connectivity index (χ0n) is 12.6. The second kappa shape index (κ2) is 6.32. The van der Waals surface area contributed by atoms with Crippen LogP contribution < -0.4 is 5.32 Å². The van der Waals surface area contributed by atoms with E-state index in [9.17, 15) is 25.0 Å². The second-order valence-electron chi connectivity index (χ2n) is 5.05. The van der Waals surface area contributed by atoms with Crippen LogP contribution in [0.15, 0.2) is 54.7 Å². The van der Waals surface area contributed by atoms with Crippen molar-refractivity contribution in [1.82, 2.24) is 4.98 Å². The second-order valence-corrected chi connectivity index (χ2v) is 5.05. The van der Waals surface area contributed by atoms with Crippen LogP contribution in [0.5, 0.6) is 0 Å². The van der Waals surface area contributed by atoms with E-state index in [4.69, 9.17) is 0 Å². The topological polar surface area (TPSA) is 128 Å². The lowest BCUT2D eigenvalue weighted by Crippen LogP contribution is -2.13. The van der Waals surface area contributed by atoms with Crippen LogP contribution in [0.2, 0.25) is 0 Å². The summed E-state index contributed by atoms with van der Waals surface area (Å²) in [7, 11) is 0. The Morgan fingerprint density at radius 2 is 1.72 bits per heavy atom. The van der Waals surface area contributed by atoms with Crippen LogP contribution in [0.1, 0.15) is 10.4 Å². The van der Waals surface area contributed by atoms with Crippen LogP contribution in [-0.2, 0) is 0 Å². The molecule has 25 heavy (non-hydrogen) atoms. The van der Waals surface area contributed by atoms with E-state index in [0.29, 0.717) is 16.6 Å². The number of amides is 1. The Morgan fingerprint density at radius 1 is 0.960 bits per heavy atom. The van der Waals surface area contributed by atoms with E-state index in [-0.39, 0.29) is 5.56 Å². The number of aromatic nitrogens is 1. The summed E-state index contributed by atoms with van der Waals surface area (Å²) in [5, 5.41) is 25.2. The first-order valence-electron chi connectivity index (χ1n) is 7.05. The zero-order valence-corrected chi connectivity index (χ0v) is 12.6. The van der Waals surface area contributed by atoms with Crippen LogP contribution >= 0.6 is 0 Å². The number of carbonyl (C=O) groups excluding carboxylic acids is 1. The van der Waals surface area contributed by atoms with Crippen molar-refractivity contribution in [2.45, 2.75) is 0 Å². The highest BCUT2D eigenvalue weighted by molar-refractivity contribution is 6.09. The van der Waals surface area contributed by atoms with Gasteiger partial charge in [0.25, 0.3) is 5.91 Å². The van der Waals surface area contributed by atoms with Gasteiger partial charge in [0.15, 0.2) is 0 Å². The molecule has 0 spiro atoms. The van der Waals surface area contributed by atoms with Crippen molar-refractivity contribution in [2.24, 2.45) is 0 Å². The standard InChI is InChI=1S/C16H10N4O5/c21-16(10-6-7-14(19(22)23)15(9-10)20(24)25)18-13-5-1-4-12-11(13)3-2-8-17-12/h1-9H,(H,18,21). The number of fused-ring (bicyclic) bond motifs is 1. The molecule has 3 aromatic rings. The van der Waals surface area contributed by atoms with E-state index in [1.165, 1.54) is 6.07 Å². The molecule has 3 rings (SSSR count). The summed E-state index contributed by atoms with van der Waals surface area (Å²) in [6.07, 6.45) is 1.62. The predicted molar refractivity (Wildman–Crippen MR) is 89.4 cm³/mol. The van der Waals surface area contributed by atoms with Crippen LogP contribution in [0.3, 0.4) is 0 Å². The molecule has 1 aromatic heterocycles. The molecule has 0 aliphatic rings. The number of nitrogens with one attached hydrogen (secondary N) is 1. The molecule has 0 aliphatic heterocycles. The quantitative estimate of drug-likeness (QED) is 0.574. The normalized spacial score (nSPS) is 10.4. The molecular formula is C16H10N4O5. The van der Waals surface area contributed by atoms with E-state index < -0.39 is 27.1 Å². The molecule has 1 amide bonds. The number of nitro benzene ring substituents is 2. The molecule has 0 saturated carbocycles. The monoisotopic (exact) mass is 338 g/mol. The summed E-state index contributed by atoms with van der Waals surface area (Å²) < 4.78 is 0. The summed E-state index contributed by atoms with van der Waals surface area (Å²) in [5.41, 5.74) is -0.307. The lowest BCUT2D eigenvalue weighted by atomic mass is 10.1. The fraction of sp³-hybridized carbons (Fsp3) is 0. The minimum atomic E-state index is -0.892. The predicted octanol–water partition coefficient (Wildman–Crippen LogP) is 3.30. The Bertz CT molecular complexity index is 1010. The first-order chi connectivity index (χ1) is 12.0. The summed E-state index contributed by atoms with van der Waals surface area (Å²) in [6, 6.07) is 11.6. The van der Waals surface area contributed by atoms with Gasteiger partial charge in [0.2, 0.25) is 0 Å². The van der Waals surface area contributed by atoms with Gasteiger partial charge in [-0.2, -0.15) is 0 Å². The average molecular weight is 338 g/mol. The van der Waals surface area contributed by atoms with Crippen molar-refractivity contribution in [3.05, 3.63) is 80.5 Å². The highest BCUT2D eigenvalue weighted by atomic mass is 16.6. The molecule has 0 atom stereocenters. The average Bonchev–Trinajstić information content (AvgIpc) is 2.61. The molecule has 0 fully saturated rings. The fourth-order valence-electron chi connectivity index (χ4n) is 2.37. The van der Waals surface area contributed by atoms with Gasteiger partial charge in [-0.1, -0.05) is 6.07 Å². The van der Waals surface area contributed by atoms with Gasteiger partial charge < -0.3 is 5.32 Å². The number of rotatable bonds is 4. The summed E-state index contributed by atoms with van der Waals surface area (Å²) >= 11 is 0. The molecule has 0 radical (unpaired) electrons. The molecular weight excluding hydrogens is 328 g/mol. The third kappa shape index (κ3) is 3.11. The number of pyridine rings is 1. The lowest BCUT2D eigenvalue weighted by Gasteiger charge is -2.08. The molecule has 0 bridgehead atoms. The van der Waals surface area contributed by atoms with Crippen molar-refractivity contribution in [2.75, 3.05) is 5.32 Å². The minimum Gasteiger partial charge on any atom is -0.321 e. The van der Waals surface area contributed by atoms with Gasteiger partial charge in [-0.05, 0) is 30.3 Å². The molecule has 9 heteroatoms. The fourth-order valence-corrected chi connectivity index (χ4v) is 2.37. The lowest BCUT2D eigenvalue weighted by molar-refractivity contribution is -0.422. The van der Waals surface area contributed by atoms with Gasteiger partial charge in [-0.25, -0.2) is 0 Å². The first-order valence-corrected chi connectivity index (χ1v) is 7.05. The van der Waals surface area contributed by atoms with Gasteiger partial charge in [0, 0.05) is 29.3 Å². The van der Waals surface area contributed by atoms with E-state index in [1.54, 1.807) is 36.5 Å². The molecule has 1 heterocycles. The Labute approximate surface area is 140 Å². The highest BCUT2D eigenvalue weighted by Crippen LogP contribution is 2.28. The van der Waals surface area contributed by atoms with Crippen LogP contribution in [-0.4, -0.2) is 20.7 Å². The number of hydrogen-bond donors (Lipinski definition) is 1. The van der Waals surface area contributed by atoms with Crippen LogP contribution in [0.4, 0.5) is 17.1 Å². The molecule has 124 valence electrons. The Kier molecular flexibility index (Phi) is 4.04. The van der Waals surface area contributed by atoms with Gasteiger partial charge in [-0.3, -0.25) is 30.0 Å². The third-order valence-corrected chi connectivity index (χ3v) is 3.52. The number of benzene rings is 2. The number of hydrogen-bond acceptors (Lipinski definition) is 6. The number of nitrogens with zero attached hydrogens (tertiary/aromatic N) is 3. The van der Waals surface area contributed by atoms with Crippen molar-refractivity contribution >= 4 is 33.9 Å².